The minimum atomic E-state index is -0.534. The third-order valence-corrected chi connectivity index (χ3v) is 3.45. The van der Waals surface area contributed by atoms with Crippen LogP contribution in [0.4, 0.5) is 4.79 Å². The van der Waals surface area contributed by atoms with E-state index < -0.39 is 11.2 Å². The highest BCUT2D eigenvalue weighted by molar-refractivity contribution is 8.15. The van der Waals surface area contributed by atoms with E-state index in [1.807, 2.05) is 0 Å². The van der Waals surface area contributed by atoms with Crippen molar-refractivity contribution in [1.29, 1.82) is 0 Å². The summed E-state index contributed by atoms with van der Waals surface area (Å²) < 4.78 is 4.85. The number of thioether (sulfide) groups is 1. The van der Waals surface area contributed by atoms with Crippen LogP contribution in [0.1, 0.15) is 28.1 Å². The molecule has 1 aromatic rings. The second kappa shape index (κ2) is 5.22. The second-order valence-electron chi connectivity index (χ2n) is 3.62. The summed E-state index contributed by atoms with van der Waals surface area (Å²) in [6.45, 7) is 2.05. The molecule has 1 N–H and O–H groups in total. The normalized spacial score (nSPS) is 18.6. The van der Waals surface area contributed by atoms with Gasteiger partial charge in [-0.25, -0.2) is 4.79 Å². The molecule has 94 valence electrons. The lowest BCUT2D eigenvalue weighted by molar-refractivity contribution is -0.119. The number of nitrogens with one attached hydrogen (secondary N) is 1. The monoisotopic (exact) mass is 265 g/mol. The molecule has 18 heavy (non-hydrogen) atoms. The van der Waals surface area contributed by atoms with Crippen LogP contribution in [0.5, 0.6) is 0 Å². The average molecular weight is 265 g/mol. The van der Waals surface area contributed by atoms with Gasteiger partial charge in [-0.2, -0.15) is 0 Å². The first-order valence-corrected chi connectivity index (χ1v) is 6.28. The molecule has 2 amide bonds. The first-order chi connectivity index (χ1) is 8.61. The summed E-state index contributed by atoms with van der Waals surface area (Å²) in [5, 5.41) is 1.34. The van der Waals surface area contributed by atoms with Crippen LogP contribution < -0.4 is 5.32 Å². The maximum Gasteiger partial charge on any atom is 0.338 e. The zero-order valence-electron chi connectivity index (χ0n) is 9.64. The number of imide groups is 1. The lowest BCUT2D eigenvalue weighted by Gasteiger charge is -2.06. The summed E-state index contributed by atoms with van der Waals surface area (Å²) in [4.78, 5) is 33.9. The topological polar surface area (TPSA) is 72.5 Å². The molecule has 2 rings (SSSR count). The van der Waals surface area contributed by atoms with Crippen molar-refractivity contribution < 1.29 is 19.1 Å². The summed E-state index contributed by atoms with van der Waals surface area (Å²) in [5.41, 5.74) is 1.12. The number of amides is 2. The number of hydrogen-bond acceptors (Lipinski definition) is 5. The predicted octanol–water partition coefficient (Wildman–Crippen LogP) is 1.89. The molecule has 1 atom stereocenters. The number of benzene rings is 1. The van der Waals surface area contributed by atoms with Gasteiger partial charge in [-0.15, -0.1) is 0 Å². The Balaban J connectivity index is 2.15. The van der Waals surface area contributed by atoms with E-state index >= 15 is 0 Å². The van der Waals surface area contributed by atoms with Crippen LogP contribution in [-0.4, -0.2) is 23.7 Å². The van der Waals surface area contributed by atoms with E-state index in [4.69, 9.17) is 4.74 Å². The van der Waals surface area contributed by atoms with E-state index in [-0.39, 0.29) is 11.1 Å². The summed E-state index contributed by atoms with van der Waals surface area (Å²) in [6, 6.07) is 6.48. The van der Waals surface area contributed by atoms with Crippen molar-refractivity contribution in [2.24, 2.45) is 0 Å². The summed E-state index contributed by atoms with van der Waals surface area (Å²) >= 11 is 0.936. The summed E-state index contributed by atoms with van der Waals surface area (Å²) in [6.07, 6.45) is 0. The summed E-state index contributed by atoms with van der Waals surface area (Å²) in [5.74, 6) is -0.725. The van der Waals surface area contributed by atoms with Gasteiger partial charge in [-0.1, -0.05) is 12.1 Å². The molecule has 1 unspecified atom stereocenters. The molecule has 1 aliphatic rings. The van der Waals surface area contributed by atoms with E-state index in [9.17, 15) is 14.4 Å². The fraction of sp³-hybridized carbons (Fsp3) is 0.250. The third kappa shape index (κ3) is 2.53. The Kier molecular flexibility index (Phi) is 3.66. The predicted molar refractivity (Wildman–Crippen MR) is 66.3 cm³/mol. The van der Waals surface area contributed by atoms with E-state index in [1.54, 1.807) is 31.2 Å². The van der Waals surface area contributed by atoms with Gasteiger partial charge < -0.3 is 4.74 Å². The molecular weight excluding hydrogens is 254 g/mol. The van der Waals surface area contributed by atoms with Gasteiger partial charge in [0, 0.05) is 0 Å². The van der Waals surface area contributed by atoms with Crippen LogP contribution in [0, 0.1) is 0 Å². The first kappa shape index (κ1) is 12.6. The largest absolute Gasteiger partial charge is 0.462 e. The van der Waals surface area contributed by atoms with Crippen molar-refractivity contribution in [3.8, 4) is 0 Å². The van der Waals surface area contributed by atoms with Gasteiger partial charge in [0.15, 0.2) is 0 Å². The number of hydrogen-bond donors (Lipinski definition) is 1. The average Bonchev–Trinajstić information content (AvgIpc) is 2.69. The minimum Gasteiger partial charge on any atom is -0.462 e. The molecule has 0 saturated carbocycles. The van der Waals surface area contributed by atoms with Crippen molar-refractivity contribution >= 4 is 28.9 Å². The molecule has 0 aliphatic carbocycles. The van der Waals surface area contributed by atoms with Crippen molar-refractivity contribution in [3.05, 3.63) is 35.4 Å². The molecule has 5 nitrogen and oxygen atoms in total. The van der Waals surface area contributed by atoms with E-state index in [0.29, 0.717) is 17.7 Å². The molecule has 6 heteroatoms. The number of esters is 1. The van der Waals surface area contributed by atoms with E-state index in [1.165, 1.54) is 0 Å². The van der Waals surface area contributed by atoms with Gasteiger partial charge in [-0.05, 0) is 36.4 Å². The Bertz CT molecular complexity index is 497. The van der Waals surface area contributed by atoms with Gasteiger partial charge in [0.25, 0.3) is 5.24 Å². The van der Waals surface area contributed by atoms with Crippen LogP contribution in [0.25, 0.3) is 0 Å². The van der Waals surface area contributed by atoms with E-state index in [2.05, 4.69) is 5.32 Å². The SMILES string of the molecule is CCOC(=O)c1ccc(C2SC(=O)NC2=O)cc1. The van der Waals surface area contributed by atoms with E-state index in [0.717, 1.165) is 11.8 Å². The molecule has 1 saturated heterocycles. The number of ether oxygens (including phenoxy) is 1. The Morgan fingerprint density at radius 3 is 2.50 bits per heavy atom. The minimum absolute atomic E-state index is 0.315. The zero-order valence-corrected chi connectivity index (χ0v) is 10.5. The maximum absolute atomic E-state index is 11.5. The molecule has 0 radical (unpaired) electrons. The molecule has 1 aromatic carbocycles. The van der Waals surface area contributed by atoms with Gasteiger partial charge in [0.05, 0.1) is 12.2 Å². The quantitative estimate of drug-likeness (QED) is 0.845. The smallest absolute Gasteiger partial charge is 0.338 e. The van der Waals surface area contributed by atoms with Crippen molar-refractivity contribution in [3.63, 3.8) is 0 Å². The Labute approximate surface area is 108 Å². The zero-order chi connectivity index (χ0) is 13.1. The summed E-state index contributed by atoms with van der Waals surface area (Å²) in [7, 11) is 0. The maximum atomic E-state index is 11.5. The Morgan fingerprint density at radius 2 is 2.00 bits per heavy atom. The van der Waals surface area contributed by atoms with Crippen LogP contribution >= 0.6 is 11.8 Å². The molecular formula is C12H11NO4S. The lowest BCUT2D eigenvalue weighted by Crippen LogP contribution is -2.20. The standard InChI is InChI=1S/C12H11NO4S/c1-2-17-11(15)8-5-3-7(4-6-8)9-10(14)13-12(16)18-9/h3-6,9H,2H2,1H3,(H,13,14,16). The second-order valence-corrected chi connectivity index (χ2v) is 4.69. The van der Waals surface area contributed by atoms with Crippen molar-refractivity contribution in [2.75, 3.05) is 6.61 Å². The highest BCUT2D eigenvalue weighted by Gasteiger charge is 2.32. The fourth-order valence-corrected chi connectivity index (χ4v) is 2.42. The Hall–Kier alpha value is -1.82. The molecule has 1 heterocycles. The molecule has 0 aromatic heterocycles. The van der Waals surface area contributed by atoms with Gasteiger partial charge in [0.2, 0.25) is 5.91 Å². The first-order valence-electron chi connectivity index (χ1n) is 5.40. The number of rotatable bonds is 3. The van der Waals surface area contributed by atoms with Crippen LogP contribution in [-0.2, 0) is 9.53 Å². The number of carbonyl (C=O) groups excluding carboxylic acids is 3. The van der Waals surface area contributed by atoms with Crippen LogP contribution in [0.3, 0.4) is 0 Å². The van der Waals surface area contributed by atoms with Gasteiger partial charge in [-0.3, -0.25) is 14.9 Å². The number of carbonyl (C=O) groups is 3. The fourth-order valence-electron chi connectivity index (χ4n) is 1.58. The van der Waals surface area contributed by atoms with Gasteiger partial charge >= 0.3 is 5.97 Å². The molecule has 1 aliphatic heterocycles. The highest BCUT2D eigenvalue weighted by Crippen LogP contribution is 2.34. The third-order valence-electron chi connectivity index (χ3n) is 2.41. The van der Waals surface area contributed by atoms with Crippen molar-refractivity contribution in [1.82, 2.24) is 5.32 Å². The van der Waals surface area contributed by atoms with Gasteiger partial charge in [0.1, 0.15) is 5.25 Å². The Morgan fingerprint density at radius 1 is 1.33 bits per heavy atom. The molecule has 1 fully saturated rings. The van der Waals surface area contributed by atoms with Crippen LogP contribution in [0.15, 0.2) is 24.3 Å². The van der Waals surface area contributed by atoms with Crippen LogP contribution in [0.2, 0.25) is 0 Å². The molecule has 0 spiro atoms. The lowest BCUT2D eigenvalue weighted by atomic mass is 10.1. The highest BCUT2D eigenvalue weighted by atomic mass is 32.2. The molecule has 0 bridgehead atoms. The van der Waals surface area contributed by atoms with Crippen molar-refractivity contribution in [2.45, 2.75) is 12.2 Å².